The van der Waals surface area contributed by atoms with Crippen molar-refractivity contribution in [2.45, 2.75) is 6.36 Å². The number of carboxylic acid groups (broad SMARTS) is 2. The molecule has 8 heteroatoms. The summed E-state index contributed by atoms with van der Waals surface area (Å²) < 4.78 is 34.2. The second-order valence-electron chi connectivity index (χ2n) is 0.873. The first-order valence-electron chi connectivity index (χ1n) is 1.71. The Morgan fingerprint density at radius 3 is 1.45 bits per heavy atom. The standard InChI is InChI=1S/C2H2F3O.CH2O3.Li/c1-6-2(3,4)5;2-1(3)4;/h1H2;(H2,2,3,4);/q-1;;+1. The van der Waals surface area contributed by atoms with Crippen LogP contribution in [0.15, 0.2) is 0 Å². The van der Waals surface area contributed by atoms with E-state index in [1.807, 2.05) is 0 Å². The largest absolute Gasteiger partial charge is 1.00 e. The van der Waals surface area contributed by atoms with Crippen molar-refractivity contribution < 1.29 is 51.8 Å². The number of ether oxygens (including phenoxy) is 1. The van der Waals surface area contributed by atoms with Crippen molar-refractivity contribution in [1.29, 1.82) is 0 Å². The summed E-state index contributed by atoms with van der Waals surface area (Å²) >= 11 is 0. The Hall–Kier alpha value is -0.383. The summed E-state index contributed by atoms with van der Waals surface area (Å²) in [6, 6.07) is 0. The fourth-order valence-corrected chi connectivity index (χ4v) is 0. The van der Waals surface area contributed by atoms with Gasteiger partial charge in [-0.25, -0.2) is 11.9 Å². The molecule has 0 bridgehead atoms. The molecule has 0 aromatic rings. The Morgan fingerprint density at radius 2 is 1.45 bits per heavy atom. The molecule has 2 N–H and O–H groups in total. The molecule has 62 valence electrons. The van der Waals surface area contributed by atoms with Crippen molar-refractivity contribution >= 4 is 6.16 Å². The van der Waals surface area contributed by atoms with Gasteiger partial charge in [-0.3, -0.25) is 0 Å². The molecule has 0 unspecified atom stereocenters. The van der Waals surface area contributed by atoms with Crippen molar-refractivity contribution in [3.05, 3.63) is 7.11 Å². The van der Waals surface area contributed by atoms with Gasteiger partial charge in [0.05, 0.1) is 0 Å². The summed E-state index contributed by atoms with van der Waals surface area (Å²) in [4.78, 5) is 8.56. The second kappa shape index (κ2) is 7.72. The van der Waals surface area contributed by atoms with Crippen molar-refractivity contribution in [3.63, 3.8) is 0 Å². The van der Waals surface area contributed by atoms with E-state index in [9.17, 15) is 13.2 Å². The van der Waals surface area contributed by atoms with Crippen LogP contribution >= 0.6 is 0 Å². The maximum Gasteiger partial charge on any atom is 1.00 e. The van der Waals surface area contributed by atoms with Gasteiger partial charge < -0.3 is 14.9 Å². The van der Waals surface area contributed by atoms with Crippen LogP contribution in [0.5, 0.6) is 0 Å². The Bertz CT molecular complexity index is 99.2. The first-order chi connectivity index (χ1) is 4.29. The van der Waals surface area contributed by atoms with Gasteiger partial charge in [-0.15, -0.1) is 13.2 Å². The zero-order valence-corrected chi connectivity index (χ0v) is 5.55. The van der Waals surface area contributed by atoms with Gasteiger partial charge in [0.1, 0.15) is 0 Å². The molecule has 0 rings (SSSR count). The average Bonchev–Trinajstić information content (AvgIpc) is 1.63. The molecular weight excluding hydrogens is 164 g/mol. The van der Waals surface area contributed by atoms with Gasteiger partial charge >= 0.3 is 31.4 Å². The molecule has 0 aromatic heterocycles. The minimum Gasteiger partial charge on any atom is -0.473 e. The fraction of sp³-hybridized carbons (Fsp3) is 0.333. The summed E-state index contributed by atoms with van der Waals surface area (Å²) in [6.45, 7) is 0. The molecule has 0 radical (unpaired) electrons. The van der Waals surface area contributed by atoms with Crippen LogP contribution in [0.4, 0.5) is 18.0 Å². The zero-order valence-electron chi connectivity index (χ0n) is 5.55. The van der Waals surface area contributed by atoms with Crippen molar-refractivity contribution in [3.8, 4) is 0 Å². The quantitative estimate of drug-likeness (QED) is 0.342. The number of rotatable bonds is 0. The molecule has 0 aromatic carbocycles. The number of hydrogen-bond donors (Lipinski definition) is 2. The molecule has 0 aliphatic carbocycles. The third-order valence-corrected chi connectivity index (χ3v) is 0.164. The van der Waals surface area contributed by atoms with Crippen LogP contribution in [-0.2, 0) is 4.74 Å². The van der Waals surface area contributed by atoms with Crippen LogP contribution in [0.25, 0.3) is 0 Å². The minimum atomic E-state index is -4.57. The predicted molar refractivity (Wildman–Crippen MR) is 23.2 cm³/mol. The molecule has 0 saturated heterocycles. The normalized spacial score (nSPS) is 8.73. The first-order valence-corrected chi connectivity index (χ1v) is 1.71. The van der Waals surface area contributed by atoms with E-state index in [0.717, 1.165) is 0 Å². The van der Waals surface area contributed by atoms with Crippen LogP contribution in [0.3, 0.4) is 0 Å². The smallest absolute Gasteiger partial charge is 0.473 e. The van der Waals surface area contributed by atoms with Crippen LogP contribution in [0.2, 0.25) is 0 Å². The molecule has 0 spiro atoms. The number of alkyl halides is 3. The monoisotopic (exact) mass is 168 g/mol. The minimum absolute atomic E-state index is 0. The molecule has 4 nitrogen and oxygen atoms in total. The van der Waals surface area contributed by atoms with E-state index in [-0.39, 0.29) is 18.9 Å². The van der Waals surface area contributed by atoms with Gasteiger partial charge in [0.2, 0.25) is 0 Å². The van der Waals surface area contributed by atoms with Crippen LogP contribution in [0, 0.1) is 7.11 Å². The third kappa shape index (κ3) is 81.5. The molecule has 0 fully saturated rings. The van der Waals surface area contributed by atoms with E-state index in [2.05, 4.69) is 11.8 Å². The molecule has 0 heterocycles. The maximum atomic E-state index is 10.5. The van der Waals surface area contributed by atoms with Crippen molar-refractivity contribution in [2.75, 3.05) is 0 Å². The van der Waals surface area contributed by atoms with Gasteiger partial charge in [-0.2, -0.15) is 0 Å². The third-order valence-electron chi connectivity index (χ3n) is 0.164. The molecule has 0 atom stereocenters. The number of hydrogen-bond acceptors (Lipinski definition) is 2. The molecule has 0 saturated carbocycles. The molecule has 11 heavy (non-hydrogen) atoms. The summed E-state index contributed by atoms with van der Waals surface area (Å²) in [5.41, 5.74) is 0. The van der Waals surface area contributed by atoms with E-state index in [0.29, 0.717) is 0 Å². The van der Waals surface area contributed by atoms with Gasteiger partial charge in [-0.1, -0.05) is 0 Å². The second-order valence-corrected chi connectivity index (χ2v) is 0.873. The predicted octanol–water partition coefficient (Wildman–Crippen LogP) is -1.46. The molecule has 0 amide bonds. The van der Waals surface area contributed by atoms with Gasteiger partial charge in [0.25, 0.3) is 0 Å². The van der Waals surface area contributed by atoms with Crippen LogP contribution in [0.1, 0.15) is 0 Å². The van der Waals surface area contributed by atoms with Crippen LogP contribution < -0.4 is 18.9 Å². The van der Waals surface area contributed by atoms with Gasteiger partial charge in [-0.05, 0) is 0 Å². The van der Waals surface area contributed by atoms with E-state index < -0.39 is 12.5 Å². The first kappa shape index (κ1) is 16.9. The Morgan fingerprint density at radius 1 is 1.36 bits per heavy atom. The van der Waals surface area contributed by atoms with Gasteiger partial charge in [0, 0.05) is 0 Å². The molecule has 0 aliphatic heterocycles. The maximum absolute atomic E-state index is 10.5. The molecular formula is C3H4F3LiO4. The fourth-order valence-electron chi connectivity index (χ4n) is 0. The van der Waals surface area contributed by atoms with Crippen molar-refractivity contribution in [1.82, 2.24) is 0 Å². The number of carbonyl (C=O) groups is 1. The average molecular weight is 168 g/mol. The summed E-state index contributed by atoms with van der Waals surface area (Å²) in [7, 11) is 2.13. The number of halogens is 3. The topological polar surface area (TPSA) is 66.8 Å². The van der Waals surface area contributed by atoms with Gasteiger partial charge in [0.15, 0.2) is 0 Å². The molecule has 0 aliphatic rings. The van der Waals surface area contributed by atoms with E-state index in [1.165, 1.54) is 0 Å². The van der Waals surface area contributed by atoms with E-state index in [4.69, 9.17) is 15.0 Å². The summed E-state index contributed by atoms with van der Waals surface area (Å²) in [5.74, 6) is 0. The summed E-state index contributed by atoms with van der Waals surface area (Å²) in [5, 5.41) is 13.9. The van der Waals surface area contributed by atoms with Crippen molar-refractivity contribution in [2.24, 2.45) is 0 Å². The Labute approximate surface area is 72.1 Å². The Balaban J connectivity index is -0.000000114. The summed E-state index contributed by atoms with van der Waals surface area (Å²) in [6.07, 6.45) is -6.40. The SMILES string of the molecule is O=C(O)O.[CH2-]OC(F)(F)F.[Li+]. The van der Waals surface area contributed by atoms with E-state index in [1.54, 1.807) is 0 Å². The van der Waals surface area contributed by atoms with Crippen LogP contribution in [-0.4, -0.2) is 22.7 Å². The zero-order chi connectivity index (χ0) is 8.78. The van der Waals surface area contributed by atoms with E-state index >= 15 is 0 Å². The Kier molecular flexibility index (Phi) is 11.9.